The van der Waals surface area contributed by atoms with Crippen LogP contribution < -0.4 is 11.1 Å². The summed E-state index contributed by atoms with van der Waals surface area (Å²) in [7, 11) is -3.26. The maximum absolute atomic E-state index is 11.5. The SMILES string of the molecule is CCSCCCNc1cccc(S(C)(=O)=O)c1N. The number of para-hydroxylation sites is 1. The van der Waals surface area contributed by atoms with Crippen molar-refractivity contribution in [2.45, 2.75) is 18.2 Å². The highest BCUT2D eigenvalue weighted by molar-refractivity contribution is 7.99. The number of rotatable bonds is 7. The number of nitrogen functional groups attached to an aromatic ring is 1. The molecule has 0 aromatic heterocycles. The first-order valence-corrected chi connectivity index (χ1v) is 8.91. The molecule has 0 unspecified atom stereocenters. The highest BCUT2D eigenvalue weighted by Gasteiger charge is 2.13. The number of hydrogen-bond acceptors (Lipinski definition) is 5. The fourth-order valence-electron chi connectivity index (χ4n) is 1.56. The van der Waals surface area contributed by atoms with Crippen LogP contribution in [0, 0.1) is 0 Å². The van der Waals surface area contributed by atoms with Crippen LogP contribution >= 0.6 is 11.8 Å². The zero-order valence-corrected chi connectivity index (χ0v) is 12.4. The van der Waals surface area contributed by atoms with Gasteiger partial charge in [-0.3, -0.25) is 0 Å². The van der Waals surface area contributed by atoms with Crippen molar-refractivity contribution >= 4 is 33.0 Å². The quantitative estimate of drug-likeness (QED) is 0.594. The van der Waals surface area contributed by atoms with Gasteiger partial charge in [0.15, 0.2) is 9.84 Å². The van der Waals surface area contributed by atoms with E-state index in [0.29, 0.717) is 11.4 Å². The molecule has 0 saturated carbocycles. The molecule has 18 heavy (non-hydrogen) atoms. The van der Waals surface area contributed by atoms with Gasteiger partial charge in [-0.25, -0.2) is 8.42 Å². The van der Waals surface area contributed by atoms with Gasteiger partial charge < -0.3 is 11.1 Å². The molecule has 0 fully saturated rings. The Morgan fingerprint density at radius 3 is 2.72 bits per heavy atom. The van der Waals surface area contributed by atoms with Crippen LogP contribution in [0.25, 0.3) is 0 Å². The minimum absolute atomic E-state index is 0.190. The first-order valence-electron chi connectivity index (χ1n) is 5.87. The lowest BCUT2D eigenvalue weighted by Crippen LogP contribution is -2.09. The first-order chi connectivity index (χ1) is 8.46. The largest absolute Gasteiger partial charge is 0.396 e. The van der Waals surface area contributed by atoms with Crippen molar-refractivity contribution in [1.29, 1.82) is 0 Å². The van der Waals surface area contributed by atoms with Crippen molar-refractivity contribution in [3.8, 4) is 0 Å². The van der Waals surface area contributed by atoms with Crippen molar-refractivity contribution in [2.75, 3.05) is 35.4 Å². The molecule has 0 saturated heterocycles. The van der Waals surface area contributed by atoms with Gasteiger partial charge >= 0.3 is 0 Å². The molecule has 0 aliphatic heterocycles. The molecule has 0 radical (unpaired) electrons. The van der Waals surface area contributed by atoms with E-state index in [1.807, 2.05) is 11.8 Å². The van der Waals surface area contributed by atoms with Crippen molar-refractivity contribution in [3.63, 3.8) is 0 Å². The molecular weight excluding hydrogens is 268 g/mol. The third-order valence-electron chi connectivity index (χ3n) is 2.45. The van der Waals surface area contributed by atoms with Crippen LogP contribution in [-0.2, 0) is 9.84 Å². The summed E-state index contributed by atoms with van der Waals surface area (Å²) in [6.45, 7) is 2.93. The molecule has 6 heteroatoms. The maximum Gasteiger partial charge on any atom is 0.177 e. The monoisotopic (exact) mass is 288 g/mol. The van der Waals surface area contributed by atoms with Gasteiger partial charge in [0.05, 0.1) is 16.3 Å². The fourth-order valence-corrected chi connectivity index (χ4v) is 3.04. The molecule has 0 amide bonds. The van der Waals surface area contributed by atoms with Gasteiger partial charge in [-0.2, -0.15) is 11.8 Å². The van der Waals surface area contributed by atoms with Crippen LogP contribution in [0.2, 0.25) is 0 Å². The number of anilines is 2. The summed E-state index contributed by atoms with van der Waals surface area (Å²) in [5, 5.41) is 3.18. The third kappa shape index (κ3) is 4.42. The zero-order chi connectivity index (χ0) is 13.6. The molecule has 1 aromatic carbocycles. The molecule has 1 rings (SSSR count). The second-order valence-corrected chi connectivity index (χ2v) is 7.34. The summed E-state index contributed by atoms with van der Waals surface area (Å²) in [6, 6.07) is 5.04. The van der Waals surface area contributed by atoms with Gasteiger partial charge in [0.25, 0.3) is 0 Å². The molecule has 102 valence electrons. The smallest absolute Gasteiger partial charge is 0.177 e. The molecule has 0 heterocycles. The summed E-state index contributed by atoms with van der Waals surface area (Å²) in [5.74, 6) is 2.21. The Kier molecular flexibility index (Phi) is 5.81. The van der Waals surface area contributed by atoms with E-state index in [0.717, 1.165) is 24.5 Å². The number of benzene rings is 1. The Hall–Kier alpha value is -0.880. The van der Waals surface area contributed by atoms with Crippen LogP contribution in [0.5, 0.6) is 0 Å². The van der Waals surface area contributed by atoms with Crippen LogP contribution in [0.3, 0.4) is 0 Å². The van der Waals surface area contributed by atoms with Crippen LogP contribution in [0.1, 0.15) is 13.3 Å². The van der Waals surface area contributed by atoms with E-state index in [4.69, 9.17) is 5.73 Å². The minimum atomic E-state index is -3.26. The Bertz CT molecular complexity index is 487. The molecular formula is C12H20N2O2S2. The molecule has 0 spiro atoms. The molecule has 0 aliphatic rings. The second kappa shape index (κ2) is 6.89. The Labute approximate surface area is 113 Å². The topological polar surface area (TPSA) is 72.2 Å². The average Bonchev–Trinajstić information content (AvgIpc) is 2.29. The predicted octanol–water partition coefficient (Wildman–Crippen LogP) is 2.23. The van der Waals surface area contributed by atoms with Crippen molar-refractivity contribution in [2.24, 2.45) is 0 Å². The molecule has 0 bridgehead atoms. The number of nitrogens with one attached hydrogen (secondary N) is 1. The maximum atomic E-state index is 11.5. The van der Waals surface area contributed by atoms with Gasteiger partial charge in [-0.15, -0.1) is 0 Å². The summed E-state index contributed by atoms with van der Waals surface area (Å²) in [5.41, 5.74) is 6.87. The van der Waals surface area contributed by atoms with Crippen molar-refractivity contribution < 1.29 is 8.42 Å². The van der Waals surface area contributed by atoms with Gasteiger partial charge in [-0.1, -0.05) is 13.0 Å². The number of thioether (sulfide) groups is 1. The lowest BCUT2D eigenvalue weighted by molar-refractivity contribution is 0.602. The van der Waals surface area contributed by atoms with E-state index in [2.05, 4.69) is 12.2 Å². The highest BCUT2D eigenvalue weighted by Crippen LogP contribution is 2.26. The van der Waals surface area contributed by atoms with E-state index in [1.54, 1.807) is 12.1 Å². The fraction of sp³-hybridized carbons (Fsp3) is 0.500. The van der Waals surface area contributed by atoms with E-state index < -0.39 is 9.84 Å². The van der Waals surface area contributed by atoms with Crippen LogP contribution in [0.15, 0.2) is 23.1 Å². The van der Waals surface area contributed by atoms with Gasteiger partial charge in [0, 0.05) is 12.8 Å². The second-order valence-electron chi connectivity index (χ2n) is 3.97. The lowest BCUT2D eigenvalue weighted by Gasteiger charge is -2.11. The third-order valence-corrected chi connectivity index (χ3v) is 4.59. The standard InChI is InChI=1S/C12H20N2O2S2/c1-3-17-9-5-8-14-10-6-4-7-11(12(10)13)18(2,15)16/h4,6-7,14H,3,5,8-9,13H2,1-2H3. The Morgan fingerprint density at radius 2 is 2.11 bits per heavy atom. The van der Waals surface area contributed by atoms with Crippen molar-refractivity contribution in [3.05, 3.63) is 18.2 Å². The summed E-state index contributed by atoms with van der Waals surface area (Å²) in [6.07, 6.45) is 2.20. The normalized spacial score (nSPS) is 11.4. The zero-order valence-electron chi connectivity index (χ0n) is 10.8. The first kappa shape index (κ1) is 15.2. The highest BCUT2D eigenvalue weighted by atomic mass is 32.2. The van der Waals surface area contributed by atoms with Crippen LogP contribution in [0.4, 0.5) is 11.4 Å². The number of sulfone groups is 1. The lowest BCUT2D eigenvalue weighted by atomic mass is 10.2. The number of nitrogens with two attached hydrogens (primary N) is 1. The van der Waals surface area contributed by atoms with Gasteiger partial charge in [-0.05, 0) is 30.1 Å². The van der Waals surface area contributed by atoms with E-state index in [1.165, 1.54) is 12.3 Å². The molecule has 0 atom stereocenters. The Balaban J connectivity index is 2.67. The van der Waals surface area contributed by atoms with Gasteiger partial charge in [0.2, 0.25) is 0 Å². The molecule has 1 aromatic rings. The molecule has 0 aliphatic carbocycles. The Morgan fingerprint density at radius 1 is 1.39 bits per heavy atom. The summed E-state index contributed by atoms with van der Waals surface area (Å²) in [4.78, 5) is 0.190. The summed E-state index contributed by atoms with van der Waals surface area (Å²) < 4.78 is 23.0. The predicted molar refractivity (Wildman–Crippen MR) is 80.1 cm³/mol. The average molecular weight is 288 g/mol. The molecule has 3 N–H and O–H groups in total. The summed E-state index contributed by atoms with van der Waals surface area (Å²) >= 11 is 1.89. The number of hydrogen-bond donors (Lipinski definition) is 2. The van der Waals surface area contributed by atoms with E-state index in [9.17, 15) is 8.42 Å². The minimum Gasteiger partial charge on any atom is -0.396 e. The van der Waals surface area contributed by atoms with E-state index >= 15 is 0 Å². The molecule has 4 nitrogen and oxygen atoms in total. The van der Waals surface area contributed by atoms with Crippen molar-refractivity contribution in [1.82, 2.24) is 0 Å². The van der Waals surface area contributed by atoms with E-state index in [-0.39, 0.29) is 4.90 Å². The van der Waals surface area contributed by atoms with Gasteiger partial charge in [0.1, 0.15) is 0 Å². The van der Waals surface area contributed by atoms with Crippen LogP contribution in [-0.4, -0.2) is 32.7 Å².